The second kappa shape index (κ2) is 10.3. The van der Waals surface area contributed by atoms with Gasteiger partial charge < -0.3 is 14.6 Å². The molecule has 0 radical (unpaired) electrons. The Morgan fingerprint density at radius 2 is 1.90 bits per heavy atom. The van der Waals surface area contributed by atoms with Crippen LogP contribution in [0.2, 0.25) is 0 Å². The van der Waals surface area contributed by atoms with Crippen LogP contribution in [-0.2, 0) is 11.3 Å². The number of nitrogens with one attached hydrogen (secondary N) is 1. The fourth-order valence-corrected chi connectivity index (χ4v) is 4.20. The largest absolute Gasteiger partial charge is 0.495 e. The molecule has 3 aromatic rings. The molecule has 0 aliphatic rings. The molecule has 0 spiro atoms. The Hall–Kier alpha value is -2.47. The lowest BCUT2D eigenvalue weighted by Crippen LogP contribution is -2.23. The molecular weight excluding hydrogens is 382 g/mol. The van der Waals surface area contributed by atoms with Gasteiger partial charge in [0.05, 0.1) is 29.1 Å². The summed E-state index contributed by atoms with van der Waals surface area (Å²) in [6, 6.07) is 15.6. The number of para-hydroxylation sites is 4. The molecule has 154 valence electrons. The highest BCUT2D eigenvalue weighted by atomic mass is 32.2. The number of imidazole rings is 1. The van der Waals surface area contributed by atoms with Gasteiger partial charge in [0, 0.05) is 6.54 Å². The van der Waals surface area contributed by atoms with E-state index in [1.807, 2.05) is 49.4 Å². The average Bonchev–Trinajstić information content (AvgIpc) is 3.08. The Morgan fingerprint density at radius 3 is 2.69 bits per heavy atom. The van der Waals surface area contributed by atoms with Crippen molar-refractivity contribution >= 4 is 34.4 Å². The Bertz CT molecular complexity index is 954. The number of benzene rings is 2. The third kappa shape index (κ3) is 5.32. The van der Waals surface area contributed by atoms with E-state index in [1.54, 1.807) is 7.11 Å². The average molecular weight is 412 g/mol. The predicted octanol–water partition coefficient (Wildman–Crippen LogP) is 5.74. The molecule has 0 fully saturated rings. The maximum Gasteiger partial charge on any atom is 0.237 e. The molecular formula is C23H29N3O2S. The maximum atomic E-state index is 12.8. The van der Waals surface area contributed by atoms with Crippen molar-refractivity contribution in [3.63, 3.8) is 0 Å². The lowest BCUT2D eigenvalue weighted by atomic mass is 10.2. The number of hydrogen-bond acceptors (Lipinski definition) is 4. The van der Waals surface area contributed by atoms with E-state index >= 15 is 0 Å². The zero-order valence-electron chi connectivity index (χ0n) is 17.4. The molecule has 3 rings (SSSR count). The number of rotatable bonds is 10. The minimum Gasteiger partial charge on any atom is -0.495 e. The zero-order chi connectivity index (χ0) is 20.6. The van der Waals surface area contributed by atoms with Crippen LogP contribution in [0.15, 0.2) is 53.7 Å². The summed E-state index contributed by atoms with van der Waals surface area (Å²) in [5.74, 6) is 0.588. The van der Waals surface area contributed by atoms with Crippen molar-refractivity contribution < 1.29 is 9.53 Å². The predicted molar refractivity (Wildman–Crippen MR) is 121 cm³/mol. The number of fused-ring (bicyclic) bond motifs is 1. The number of carbonyl (C=O) groups is 1. The van der Waals surface area contributed by atoms with Crippen molar-refractivity contribution in [2.45, 2.75) is 56.5 Å². The third-order valence-electron chi connectivity index (χ3n) is 4.87. The topological polar surface area (TPSA) is 56.2 Å². The zero-order valence-corrected chi connectivity index (χ0v) is 18.2. The lowest BCUT2D eigenvalue weighted by Gasteiger charge is -2.15. The van der Waals surface area contributed by atoms with E-state index in [-0.39, 0.29) is 11.2 Å². The number of amides is 1. The second-order valence-corrected chi connectivity index (χ2v) is 8.35. The molecule has 0 bridgehead atoms. The van der Waals surface area contributed by atoms with Crippen LogP contribution in [0.5, 0.6) is 5.75 Å². The van der Waals surface area contributed by atoms with Gasteiger partial charge >= 0.3 is 0 Å². The second-order valence-electron chi connectivity index (χ2n) is 7.05. The molecule has 1 aromatic heterocycles. The van der Waals surface area contributed by atoms with Crippen molar-refractivity contribution in [1.82, 2.24) is 9.55 Å². The summed E-state index contributed by atoms with van der Waals surface area (Å²) in [6.45, 7) is 5.05. The molecule has 0 saturated heterocycles. The summed E-state index contributed by atoms with van der Waals surface area (Å²) < 4.78 is 7.58. The van der Waals surface area contributed by atoms with Crippen LogP contribution in [0, 0.1) is 0 Å². The standard InChI is InChI=1S/C23H29N3O2S/c1-4-5-6-11-16-26-20-14-9-7-12-18(20)25-23(26)29-17(2)22(27)24-19-13-8-10-15-21(19)28-3/h7-10,12-15,17H,4-6,11,16H2,1-3H3,(H,24,27)/t17-/m0/s1. The van der Waals surface area contributed by atoms with E-state index in [4.69, 9.17) is 9.72 Å². The number of methoxy groups -OCH3 is 1. The van der Waals surface area contributed by atoms with E-state index in [0.717, 1.165) is 29.2 Å². The number of hydrogen-bond donors (Lipinski definition) is 1. The highest BCUT2D eigenvalue weighted by Gasteiger charge is 2.20. The molecule has 0 aliphatic heterocycles. The number of ether oxygens (including phenoxy) is 1. The van der Waals surface area contributed by atoms with Gasteiger partial charge in [-0.2, -0.15) is 0 Å². The molecule has 0 unspecified atom stereocenters. The van der Waals surface area contributed by atoms with Gasteiger partial charge in [-0.05, 0) is 37.6 Å². The molecule has 0 aliphatic carbocycles. The Kier molecular flexibility index (Phi) is 7.58. The summed E-state index contributed by atoms with van der Waals surface area (Å²) in [6.07, 6.45) is 4.78. The van der Waals surface area contributed by atoms with Crippen LogP contribution >= 0.6 is 11.8 Å². The fourth-order valence-electron chi connectivity index (χ4n) is 3.25. The first kappa shape index (κ1) is 21.2. The van der Waals surface area contributed by atoms with Gasteiger partial charge in [0.2, 0.25) is 5.91 Å². The number of anilines is 1. The summed E-state index contributed by atoms with van der Waals surface area (Å²) >= 11 is 1.50. The van der Waals surface area contributed by atoms with Gasteiger partial charge in [0.25, 0.3) is 0 Å². The highest BCUT2D eigenvalue weighted by molar-refractivity contribution is 8.00. The van der Waals surface area contributed by atoms with Crippen molar-refractivity contribution in [2.75, 3.05) is 12.4 Å². The number of nitrogens with zero attached hydrogens (tertiary/aromatic N) is 2. The molecule has 6 heteroatoms. The Labute approximate surface area is 176 Å². The normalized spacial score (nSPS) is 12.1. The molecule has 2 aromatic carbocycles. The van der Waals surface area contributed by atoms with E-state index in [0.29, 0.717) is 11.4 Å². The molecule has 1 heterocycles. The Morgan fingerprint density at radius 1 is 1.14 bits per heavy atom. The van der Waals surface area contributed by atoms with E-state index in [2.05, 4.69) is 22.9 Å². The fraction of sp³-hybridized carbons (Fsp3) is 0.391. The highest BCUT2D eigenvalue weighted by Crippen LogP contribution is 2.30. The summed E-state index contributed by atoms with van der Waals surface area (Å²) in [5, 5.41) is 3.58. The molecule has 5 nitrogen and oxygen atoms in total. The summed E-state index contributed by atoms with van der Waals surface area (Å²) in [7, 11) is 1.60. The van der Waals surface area contributed by atoms with Crippen molar-refractivity contribution in [3.8, 4) is 5.75 Å². The first-order chi connectivity index (χ1) is 14.1. The van der Waals surface area contributed by atoms with Gasteiger partial charge in [-0.1, -0.05) is 62.2 Å². The van der Waals surface area contributed by atoms with Gasteiger partial charge in [0.1, 0.15) is 5.75 Å². The Balaban J connectivity index is 1.74. The molecule has 1 atom stereocenters. The van der Waals surface area contributed by atoms with Gasteiger partial charge in [-0.15, -0.1) is 0 Å². The van der Waals surface area contributed by atoms with Crippen LogP contribution in [0.3, 0.4) is 0 Å². The van der Waals surface area contributed by atoms with Crippen LogP contribution in [0.1, 0.15) is 39.5 Å². The van der Waals surface area contributed by atoms with Crippen LogP contribution in [0.4, 0.5) is 5.69 Å². The number of aromatic nitrogens is 2. The van der Waals surface area contributed by atoms with E-state index in [9.17, 15) is 4.79 Å². The van der Waals surface area contributed by atoms with Crippen molar-refractivity contribution in [2.24, 2.45) is 0 Å². The summed E-state index contributed by atoms with van der Waals surface area (Å²) in [4.78, 5) is 17.6. The number of carbonyl (C=O) groups excluding carboxylic acids is 1. The number of unbranched alkanes of at least 4 members (excludes halogenated alkanes) is 3. The SMILES string of the molecule is CCCCCCn1c(S[C@@H](C)C(=O)Nc2ccccc2OC)nc2ccccc21. The molecule has 1 amide bonds. The number of aryl methyl sites for hydroxylation is 1. The molecule has 0 saturated carbocycles. The minimum atomic E-state index is -0.286. The van der Waals surface area contributed by atoms with Gasteiger partial charge in [-0.3, -0.25) is 4.79 Å². The summed E-state index contributed by atoms with van der Waals surface area (Å²) in [5.41, 5.74) is 2.78. The first-order valence-corrected chi connectivity index (χ1v) is 11.1. The van der Waals surface area contributed by atoms with Crippen LogP contribution < -0.4 is 10.1 Å². The van der Waals surface area contributed by atoms with Crippen molar-refractivity contribution in [3.05, 3.63) is 48.5 Å². The van der Waals surface area contributed by atoms with Gasteiger partial charge in [0.15, 0.2) is 5.16 Å². The lowest BCUT2D eigenvalue weighted by molar-refractivity contribution is -0.115. The quantitative estimate of drug-likeness (QED) is 0.341. The molecule has 29 heavy (non-hydrogen) atoms. The maximum absolute atomic E-state index is 12.8. The molecule has 1 N–H and O–H groups in total. The van der Waals surface area contributed by atoms with E-state index < -0.39 is 0 Å². The third-order valence-corrected chi connectivity index (χ3v) is 5.96. The van der Waals surface area contributed by atoms with Gasteiger partial charge in [-0.25, -0.2) is 4.98 Å². The van der Waals surface area contributed by atoms with Crippen LogP contribution in [-0.4, -0.2) is 27.8 Å². The monoisotopic (exact) mass is 411 g/mol. The first-order valence-electron chi connectivity index (χ1n) is 10.2. The van der Waals surface area contributed by atoms with E-state index in [1.165, 1.54) is 31.0 Å². The van der Waals surface area contributed by atoms with Crippen molar-refractivity contribution in [1.29, 1.82) is 0 Å². The van der Waals surface area contributed by atoms with Crippen LogP contribution in [0.25, 0.3) is 11.0 Å². The minimum absolute atomic E-state index is 0.0657. The smallest absolute Gasteiger partial charge is 0.237 e. The number of thioether (sulfide) groups is 1.